The fourth-order valence-electron chi connectivity index (χ4n) is 2.80. The van der Waals surface area contributed by atoms with E-state index < -0.39 is 0 Å². The molecule has 0 spiro atoms. The van der Waals surface area contributed by atoms with Crippen LogP contribution in [0.4, 0.5) is 0 Å². The van der Waals surface area contributed by atoms with Gasteiger partial charge in [-0.05, 0) is 45.3 Å². The number of unbranched alkanes of at least 4 members (excludes halogenated alkanes) is 1. The standard InChI is InChI=1S/C15H28N4/c1-2-3-9-18(13-15-6-4-7-17-15)10-5-11-19-12-8-16-14-19/h8,12,14-15,17H,2-7,9-11,13H2,1H3. The second-order valence-electron chi connectivity index (χ2n) is 5.60. The number of aryl methyl sites for hydroxylation is 1. The monoisotopic (exact) mass is 264 g/mol. The van der Waals surface area contributed by atoms with E-state index >= 15 is 0 Å². The van der Waals surface area contributed by atoms with Crippen LogP contribution in [0.5, 0.6) is 0 Å². The minimum absolute atomic E-state index is 0.727. The molecule has 4 nitrogen and oxygen atoms in total. The summed E-state index contributed by atoms with van der Waals surface area (Å²) in [6, 6.07) is 0.727. The van der Waals surface area contributed by atoms with Gasteiger partial charge in [0.05, 0.1) is 6.33 Å². The van der Waals surface area contributed by atoms with Gasteiger partial charge in [-0.25, -0.2) is 4.98 Å². The van der Waals surface area contributed by atoms with Crippen molar-refractivity contribution in [3.63, 3.8) is 0 Å². The maximum atomic E-state index is 4.09. The van der Waals surface area contributed by atoms with Crippen LogP contribution in [0, 0.1) is 0 Å². The Morgan fingerprint density at radius 1 is 1.37 bits per heavy atom. The van der Waals surface area contributed by atoms with E-state index in [9.17, 15) is 0 Å². The van der Waals surface area contributed by atoms with Gasteiger partial charge in [-0.3, -0.25) is 0 Å². The van der Waals surface area contributed by atoms with Crippen LogP contribution in [0.25, 0.3) is 0 Å². The highest BCUT2D eigenvalue weighted by Gasteiger charge is 2.17. The molecule has 1 fully saturated rings. The lowest BCUT2D eigenvalue weighted by atomic mass is 10.2. The fourth-order valence-corrected chi connectivity index (χ4v) is 2.80. The molecule has 2 rings (SSSR count). The summed E-state index contributed by atoms with van der Waals surface area (Å²) in [5.74, 6) is 0. The van der Waals surface area contributed by atoms with Crippen molar-refractivity contribution in [1.82, 2.24) is 19.8 Å². The van der Waals surface area contributed by atoms with Crippen LogP contribution in [0.2, 0.25) is 0 Å². The maximum absolute atomic E-state index is 4.09. The Bertz CT molecular complexity index is 317. The summed E-state index contributed by atoms with van der Waals surface area (Å²) in [5, 5.41) is 3.61. The topological polar surface area (TPSA) is 33.1 Å². The van der Waals surface area contributed by atoms with Crippen molar-refractivity contribution in [3.8, 4) is 0 Å². The van der Waals surface area contributed by atoms with Crippen LogP contribution in [-0.2, 0) is 6.54 Å². The Hall–Kier alpha value is -0.870. The van der Waals surface area contributed by atoms with Gasteiger partial charge < -0.3 is 14.8 Å². The van der Waals surface area contributed by atoms with E-state index in [4.69, 9.17) is 0 Å². The molecule has 0 bridgehead atoms. The van der Waals surface area contributed by atoms with Crippen LogP contribution in [0.1, 0.15) is 39.0 Å². The minimum atomic E-state index is 0.727. The maximum Gasteiger partial charge on any atom is 0.0945 e. The van der Waals surface area contributed by atoms with Crippen LogP contribution in [0.15, 0.2) is 18.7 Å². The van der Waals surface area contributed by atoms with Gasteiger partial charge in [0, 0.05) is 31.5 Å². The van der Waals surface area contributed by atoms with E-state index in [2.05, 4.69) is 32.9 Å². The van der Waals surface area contributed by atoms with Crippen LogP contribution < -0.4 is 5.32 Å². The van der Waals surface area contributed by atoms with E-state index in [1.807, 2.05) is 12.5 Å². The van der Waals surface area contributed by atoms with Crippen LogP contribution >= 0.6 is 0 Å². The summed E-state index contributed by atoms with van der Waals surface area (Å²) in [6.45, 7) is 8.25. The van der Waals surface area contributed by atoms with Gasteiger partial charge >= 0.3 is 0 Å². The highest BCUT2D eigenvalue weighted by Crippen LogP contribution is 2.08. The van der Waals surface area contributed by atoms with Crippen LogP contribution in [0.3, 0.4) is 0 Å². The van der Waals surface area contributed by atoms with Gasteiger partial charge in [-0.15, -0.1) is 0 Å². The molecule has 1 unspecified atom stereocenters. The Morgan fingerprint density at radius 3 is 2.95 bits per heavy atom. The summed E-state index contributed by atoms with van der Waals surface area (Å²) in [5.41, 5.74) is 0. The lowest BCUT2D eigenvalue weighted by molar-refractivity contribution is 0.239. The Kier molecular flexibility index (Phi) is 6.37. The lowest BCUT2D eigenvalue weighted by Crippen LogP contribution is -2.38. The van der Waals surface area contributed by atoms with Gasteiger partial charge in [0.2, 0.25) is 0 Å². The molecule has 2 heterocycles. The van der Waals surface area contributed by atoms with Gasteiger partial charge in [0.1, 0.15) is 0 Å². The van der Waals surface area contributed by atoms with E-state index in [0.29, 0.717) is 0 Å². The van der Waals surface area contributed by atoms with Crippen LogP contribution in [-0.4, -0.2) is 46.7 Å². The molecule has 1 saturated heterocycles. The zero-order valence-electron chi connectivity index (χ0n) is 12.2. The number of hydrogen-bond donors (Lipinski definition) is 1. The van der Waals surface area contributed by atoms with E-state index in [0.717, 1.165) is 12.6 Å². The first-order chi connectivity index (χ1) is 9.38. The second-order valence-corrected chi connectivity index (χ2v) is 5.60. The van der Waals surface area contributed by atoms with Gasteiger partial charge in [0.15, 0.2) is 0 Å². The number of nitrogens with one attached hydrogen (secondary N) is 1. The molecule has 19 heavy (non-hydrogen) atoms. The third-order valence-electron chi connectivity index (χ3n) is 3.92. The second kappa shape index (κ2) is 8.33. The summed E-state index contributed by atoms with van der Waals surface area (Å²) >= 11 is 0. The number of imidazole rings is 1. The molecule has 108 valence electrons. The molecule has 0 aromatic carbocycles. The normalized spacial score (nSPS) is 19.4. The molecule has 0 saturated carbocycles. The first-order valence-corrected chi connectivity index (χ1v) is 7.80. The highest BCUT2D eigenvalue weighted by molar-refractivity contribution is 4.78. The number of aromatic nitrogens is 2. The van der Waals surface area contributed by atoms with E-state index in [-0.39, 0.29) is 0 Å². The summed E-state index contributed by atoms with van der Waals surface area (Å²) in [6.07, 6.45) is 12.3. The minimum Gasteiger partial charge on any atom is -0.337 e. The van der Waals surface area contributed by atoms with Gasteiger partial charge in [-0.1, -0.05) is 13.3 Å². The molecule has 4 heteroatoms. The predicted molar refractivity (Wildman–Crippen MR) is 79.2 cm³/mol. The van der Waals surface area contributed by atoms with Gasteiger partial charge in [-0.2, -0.15) is 0 Å². The molecule has 0 aliphatic carbocycles. The van der Waals surface area contributed by atoms with Gasteiger partial charge in [0.25, 0.3) is 0 Å². The summed E-state index contributed by atoms with van der Waals surface area (Å²) in [7, 11) is 0. The number of rotatable bonds is 9. The third-order valence-corrected chi connectivity index (χ3v) is 3.92. The molecular formula is C15H28N4. The molecule has 1 aromatic heterocycles. The lowest BCUT2D eigenvalue weighted by Gasteiger charge is -2.25. The first-order valence-electron chi connectivity index (χ1n) is 7.80. The first kappa shape index (κ1) is 14.5. The Balaban J connectivity index is 1.69. The van der Waals surface area contributed by atoms with Crippen molar-refractivity contribution < 1.29 is 0 Å². The van der Waals surface area contributed by atoms with Crippen molar-refractivity contribution >= 4 is 0 Å². The molecule has 1 aromatic rings. The fraction of sp³-hybridized carbons (Fsp3) is 0.800. The summed E-state index contributed by atoms with van der Waals surface area (Å²) in [4.78, 5) is 6.73. The quantitative estimate of drug-likeness (QED) is 0.742. The average Bonchev–Trinajstić information content (AvgIpc) is 3.08. The van der Waals surface area contributed by atoms with E-state index in [1.165, 1.54) is 58.3 Å². The molecule has 1 aliphatic rings. The SMILES string of the molecule is CCCCN(CCCn1ccnc1)CC1CCCN1. The Morgan fingerprint density at radius 2 is 2.26 bits per heavy atom. The third kappa shape index (κ3) is 5.33. The van der Waals surface area contributed by atoms with Crippen molar-refractivity contribution in [3.05, 3.63) is 18.7 Å². The number of nitrogens with zero attached hydrogens (tertiary/aromatic N) is 3. The van der Waals surface area contributed by atoms with Crippen molar-refractivity contribution in [2.24, 2.45) is 0 Å². The molecular weight excluding hydrogens is 236 g/mol. The van der Waals surface area contributed by atoms with Crippen molar-refractivity contribution in [1.29, 1.82) is 0 Å². The highest BCUT2D eigenvalue weighted by atomic mass is 15.2. The molecule has 1 atom stereocenters. The average molecular weight is 264 g/mol. The Labute approximate surface area is 117 Å². The molecule has 0 radical (unpaired) electrons. The summed E-state index contributed by atoms with van der Waals surface area (Å²) < 4.78 is 2.17. The molecule has 1 aliphatic heterocycles. The molecule has 0 amide bonds. The van der Waals surface area contributed by atoms with Crippen molar-refractivity contribution in [2.75, 3.05) is 26.2 Å². The smallest absolute Gasteiger partial charge is 0.0945 e. The predicted octanol–water partition coefficient (Wildman–Crippen LogP) is 2.13. The van der Waals surface area contributed by atoms with E-state index in [1.54, 1.807) is 0 Å². The zero-order valence-corrected chi connectivity index (χ0v) is 12.2. The largest absolute Gasteiger partial charge is 0.337 e. The number of hydrogen-bond acceptors (Lipinski definition) is 3. The molecule has 1 N–H and O–H groups in total. The zero-order chi connectivity index (χ0) is 13.3. The van der Waals surface area contributed by atoms with Crippen molar-refractivity contribution in [2.45, 2.75) is 51.6 Å².